The molecule has 1 unspecified atom stereocenters. The number of nitriles is 1. The zero-order chi connectivity index (χ0) is 13.0. The molecule has 4 nitrogen and oxygen atoms in total. The van der Waals surface area contributed by atoms with Crippen LogP contribution >= 0.6 is 11.6 Å². The SMILES string of the molecule is CCn1nc(C)c(Cl)c1CN(C)C(C)CC#N. The van der Waals surface area contributed by atoms with Crippen LogP contribution in [0.1, 0.15) is 31.7 Å². The Hall–Kier alpha value is -1.05. The van der Waals surface area contributed by atoms with Crippen molar-refractivity contribution >= 4 is 11.6 Å². The third-order valence-electron chi connectivity index (χ3n) is 2.99. The molecule has 1 heterocycles. The van der Waals surface area contributed by atoms with Crippen molar-refractivity contribution in [3.05, 3.63) is 16.4 Å². The highest BCUT2D eigenvalue weighted by molar-refractivity contribution is 6.31. The fraction of sp³-hybridized carbons (Fsp3) is 0.667. The molecule has 94 valence electrons. The number of aryl methyl sites for hydroxylation is 2. The molecule has 1 aromatic rings. The summed E-state index contributed by atoms with van der Waals surface area (Å²) in [4.78, 5) is 2.12. The van der Waals surface area contributed by atoms with Gasteiger partial charge in [-0.15, -0.1) is 0 Å². The molecule has 0 spiro atoms. The van der Waals surface area contributed by atoms with Gasteiger partial charge in [0.1, 0.15) is 0 Å². The van der Waals surface area contributed by atoms with Gasteiger partial charge in [0.15, 0.2) is 0 Å². The molecule has 0 aromatic carbocycles. The van der Waals surface area contributed by atoms with E-state index in [1.54, 1.807) is 0 Å². The van der Waals surface area contributed by atoms with Crippen LogP contribution in [0.5, 0.6) is 0 Å². The van der Waals surface area contributed by atoms with Crippen LogP contribution in [0.4, 0.5) is 0 Å². The zero-order valence-corrected chi connectivity index (χ0v) is 11.6. The highest BCUT2D eigenvalue weighted by Crippen LogP contribution is 2.22. The monoisotopic (exact) mass is 254 g/mol. The van der Waals surface area contributed by atoms with Crippen molar-refractivity contribution in [2.75, 3.05) is 7.05 Å². The van der Waals surface area contributed by atoms with Gasteiger partial charge in [0.25, 0.3) is 0 Å². The molecule has 0 amide bonds. The maximum atomic E-state index is 8.69. The molecular weight excluding hydrogens is 236 g/mol. The maximum absolute atomic E-state index is 8.69. The average molecular weight is 255 g/mol. The molecule has 17 heavy (non-hydrogen) atoms. The van der Waals surface area contributed by atoms with E-state index in [4.69, 9.17) is 16.9 Å². The minimum atomic E-state index is 0.219. The second-order valence-electron chi connectivity index (χ2n) is 4.29. The van der Waals surface area contributed by atoms with Crippen molar-refractivity contribution in [3.63, 3.8) is 0 Å². The van der Waals surface area contributed by atoms with Crippen molar-refractivity contribution in [1.82, 2.24) is 14.7 Å². The first-order valence-electron chi connectivity index (χ1n) is 5.80. The van der Waals surface area contributed by atoms with E-state index in [-0.39, 0.29) is 6.04 Å². The van der Waals surface area contributed by atoms with Crippen LogP contribution in [-0.4, -0.2) is 27.8 Å². The number of hydrogen-bond donors (Lipinski definition) is 0. The average Bonchev–Trinajstić information content (AvgIpc) is 2.57. The van der Waals surface area contributed by atoms with E-state index in [0.29, 0.717) is 6.42 Å². The van der Waals surface area contributed by atoms with Crippen molar-refractivity contribution in [2.24, 2.45) is 0 Å². The molecule has 0 N–H and O–H groups in total. The minimum absolute atomic E-state index is 0.219. The molecule has 0 aliphatic carbocycles. The van der Waals surface area contributed by atoms with E-state index in [0.717, 1.165) is 29.5 Å². The first-order valence-corrected chi connectivity index (χ1v) is 6.18. The second kappa shape index (κ2) is 6.04. The molecule has 0 saturated heterocycles. The van der Waals surface area contributed by atoms with Crippen molar-refractivity contribution in [2.45, 2.75) is 46.3 Å². The Kier molecular flexibility index (Phi) is 4.98. The summed E-state index contributed by atoms with van der Waals surface area (Å²) in [5.74, 6) is 0. The van der Waals surface area contributed by atoms with Gasteiger partial charge in [-0.1, -0.05) is 11.6 Å². The maximum Gasteiger partial charge on any atom is 0.0860 e. The van der Waals surface area contributed by atoms with Gasteiger partial charge >= 0.3 is 0 Å². The van der Waals surface area contributed by atoms with Gasteiger partial charge in [-0.05, 0) is 27.8 Å². The van der Waals surface area contributed by atoms with Crippen LogP contribution in [-0.2, 0) is 13.1 Å². The van der Waals surface area contributed by atoms with Crippen molar-refractivity contribution in [1.29, 1.82) is 5.26 Å². The smallest absolute Gasteiger partial charge is 0.0860 e. The lowest BCUT2D eigenvalue weighted by molar-refractivity contribution is 0.245. The third-order valence-corrected chi connectivity index (χ3v) is 3.48. The van der Waals surface area contributed by atoms with Crippen LogP contribution in [0.2, 0.25) is 5.02 Å². The van der Waals surface area contributed by atoms with E-state index in [2.05, 4.69) is 16.1 Å². The van der Waals surface area contributed by atoms with Gasteiger partial charge < -0.3 is 0 Å². The summed E-state index contributed by atoms with van der Waals surface area (Å²) in [5.41, 5.74) is 1.89. The highest BCUT2D eigenvalue weighted by atomic mass is 35.5. The highest BCUT2D eigenvalue weighted by Gasteiger charge is 2.16. The lowest BCUT2D eigenvalue weighted by Gasteiger charge is -2.22. The van der Waals surface area contributed by atoms with Crippen molar-refractivity contribution < 1.29 is 0 Å². The fourth-order valence-corrected chi connectivity index (χ4v) is 1.90. The summed E-state index contributed by atoms with van der Waals surface area (Å²) >= 11 is 6.24. The number of hydrogen-bond acceptors (Lipinski definition) is 3. The number of rotatable bonds is 5. The van der Waals surface area contributed by atoms with Crippen LogP contribution < -0.4 is 0 Å². The number of halogens is 1. The molecule has 1 aromatic heterocycles. The van der Waals surface area contributed by atoms with E-state index < -0.39 is 0 Å². The van der Waals surface area contributed by atoms with E-state index in [1.165, 1.54) is 0 Å². The molecule has 0 aliphatic rings. The molecule has 0 fully saturated rings. The Labute approximate surface area is 108 Å². The molecule has 0 aliphatic heterocycles. The summed E-state index contributed by atoms with van der Waals surface area (Å²) in [6, 6.07) is 2.40. The third kappa shape index (κ3) is 3.21. The molecule has 0 bridgehead atoms. The molecule has 1 atom stereocenters. The Morgan fingerprint density at radius 3 is 2.76 bits per heavy atom. The lowest BCUT2D eigenvalue weighted by atomic mass is 10.2. The Morgan fingerprint density at radius 2 is 2.24 bits per heavy atom. The Morgan fingerprint density at radius 1 is 1.59 bits per heavy atom. The lowest BCUT2D eigenvalue weighted by Crippen LogP contribution is -2.29. The molecule has 0 saturated carbocycles. The van der Waals surface area contributed by atoms with E-state index in [9.17, 15) is 0 Å². The predicted molar refractivity (Wildman–Crippen MR) is 68.8 cm³/mol. The van der Waals surface area contributed by atoms with E-state index >= 15 is 0 Å². The Balaban J connectivity index is 2.84. The van der Waals surface area contributed by atoms with Crippen LogP contribution in [0.15, 0.2) is 0 Å². The summed E-state index contributed by atoms with van der Waals surface area (Å²) in [6.45, 7) is 7.53. The first kappa shape index (κ1) is 14.0. The van der Waals surface area contributed by atoms with E-state index in [1.807, 2.05) is 32.5 Å². The number of aromatic nitrogens is 2. The fourth-order valence-electron chi connectivity index (χ4n) is 1.70. The number of nitrogens with zero attached hydrogens (tertiary/aromatic N) is 4. The van der Waals surface area contributed by atoms with Gasteiger partial charge in [0.2, 0.25) is 0 Å². The normalized spacial score (nSPS) is 12.8. The quantitative estimate of drug-likeness (QED) is 0.811. The Bertz CT molecular complexity index is 419. The van der Waals surface area contributed by atoms with Crippen molar-refractivity contribution in [3.8, 4) is 6.07 Å². The second-order valence-corrected chi connectivity index (χ2v) is 4.67. The standard InChI is InChI=1S/C12H19ClN4/c1-5-17-11(12(13)10(3)15-17)8-16(4)9(2)6-7-14/h9H,5-6,8H2,1-4H3. The van der Waals surface area contributed by atoms with Gasteiger partial charge in [-0.3, -0.25) is 9.58 Å². The zero-order valence-electron chi connectivity index (χ0n) is 10.9. The summed E-state index contributed by atoms with van der Waals surface area (Å²) in [7, 11) is 2.00. The van der Waals surface area contributed by atoms with Crippen LogP contribution in [0.3, 0.4) is 0 Å². The molecule has 5 heteroatoms. The van der Waals surface area contributed by atoms with Gasteiger partial charge in [0, 0.05) is 19.1 Å². The largest absolute Gasteiger partial charge is 0.297 e. The molecule has 1 rings (SSSR count). The summed E-state index contributed by atoms with van der Waals surface area (Å²) in [6.07, 6.45) is 0.521. The van der Waals surface area contributed by atoms with Gasteiger partial charge in [0.05, 0.1) is 28.9 Å². The first-order chi connectivity index (χ1) is 8.01. The summed E-state index contributed by atoms with van der Waals surface area (Å²) in [5, 5.41) is 13.8. The van der Waals surface area contributed by atoms with Crippen LogP contribution in [0, 0.1) is 18.3 Å². The topological polar surface area (TPSA) is 44.9 Å². The molecular formula is C12H19ClN4. The van der Waals surface area contributed by atoms with Gasteiger partial charge in [-0.2, -0.15) is 10.4 Å². The minimum Gasteiger partial charge on any atom is -0.297 e. The molecule has 0 radical (unpaired) electrons. The van der Waals surface area contributed by atoms with Crippen LogP contribution in [0.25, 0.3) is 0 Å². The predicted octanol–water partition coefficient (Wildman–Crippen LogP) is 2.60. The van der Waals surface area contributed by atoms with Gasteiger partial charge in [-0.25, -0.2) is 0 Å². The summed E-state index contributed by atoms with van der Waals surface area (Å²) < 4.78 is 1.92.